The summed E-state index contributed by atoms with van der Waals surface area (Å²) in [4.78, 5) is 10.3. The van der Waals surface area contributed by atoms with Gasteiger partial charge >= 0.3 is 5.97 Å². The lowest BCUT2D eigenvalue weighted by Gasteiger charge is -2.03. The van der Waals surface area contributed by atoms with E-state index in [2.05, 4.69) is 45.0 Å². The van der Waals surface area contributed by atoms with Gasteiger partial charge in [0.15, 0.2) is 0 Å². The summed E-state index contributed by atoms with van der Waals surface area (Å²) in [6.07, 6.45) is 20.2. The number of unbranched alkanes of at least 4 members (excludes halogenated alkanes) is 14. The van der Waals surface area contributed by atoms with E-state index in [1.54, 1.807) is 0 Å². The third-order valence-electron chi connectivity index (χ3n) is 5.21. The standard InChI is InChI=1S/C18H36O2.C8H10/c1-2-3-4-5-6-7-8-9-10-11-12-13-14-15-16-17-18(19)20;1-7-3-5-8(2)6-4-7/h2-17H2,1H3,(H,19,20);3-6H,1-2H3. The van der Waals surface area contributed by atoms with Crippen LogP contribution in [0.15, 0.2) is 24.3 Å². The Kier molecular flexibility index (Phi) is 19.5. The first-order valence-electron chi connectivity index (χ1n) is 11.8. The largest absolute Gasteiger partial charge is 0.481 e. The maximum Gasteiger partial charge on any atom is 0.303 e. The number of hydrogen-bond donors (Lipinski definition) is 1. The Bertz CT molecular complexity index is 429. The minimum absolute atomic E-state index is 0.345. The van der Waals surface area contributed by atoms with Crippen LogP contribution in [0.4, 0.5) is 0 Å². The number of carboxylic acids is 1. The Morgan fingerprint density at radius 3 is 1.18 bits per heavy atom. The molecular weight excluding hydrogens is 344 g/mol. The molecular formula is C26H46O2. The lowest BCUT2D eigenvalue weighted by Crippen LogP contribution is -1.93. The van der Waals surface area contributed by atoms with Gasteiger partial charge in [0, 0.05) is 6.42 Å². The molecule has 0 atom stereocenters. The molecule has 0 fully saturated rings. The molecule has 0 bridgehead atoms. The summed E-state index contributed by atoms with van der Waals surface area (Å²) in [5.41, 5.74) is 2.66. The van der Waals surface area contributed by atoms with Gasteiger partial charge in [-0.15, -0.1) is 0 Å². The minimum atomic E-state index is -0.653. The highest BCUT2D eigenvalue weighted by molar-refractivity contribution is 5.66. The van der Waals surface area contributed by atoms with Gasteiger partial charge in [0.2, 0.25) is 0 Å². The van der Waals surface area contributed by atoms with E-state index in [0.29, 0.717) is 6.42 Å². The van der Waals surface area contributed by atoms with Gasteiger partial charge in [0.05, 0.1) is 0 Å². The van der Waals surface area contributed by atoms with Crippen LogP contribution in [0, 0.1) is 13.8 Å². The zero-order valence-electron chi connectivity index (χ0n) is 19.0. The lowest BCUT2D eigenvalue weighted by atomic mass is 10.0. The summed E-state index contributed by atoms with van der Waals surface area (Å²) in [7, 11) is 0. The van der Waals surface area contributed by atoms with Crippen LogP contribution in [-0.4, -0.2) is 11.1 Å². The number of aliphatic carboxylic acids is 1. The second-order valence-electron chi connectivity index (χ2n) is 8.25. The minimum Gasteiger partial charge on any atom is -0.481 e. The summed E-state index contributed by atoms with van der Waals surface area (Å²) in [6, 6.07) is 8.48. The Balaban J connectivity index is 0.000000749. The number of carbonyl (C=O) groups is 1. The van der Waals surface area contributed by atoms with E-state index in [4.69, 9.17) is 5.11 Å². The van der Waals surface area contributed by atoms with Crippen molar-refractivity contribution in [3.8, 4) is 0 Å². The first-order valence-corrected chi connectivity index (χ1v) is 11.8. The first kappa shape index (κ1) is 26.7. The fourth-order valence-corrected chi connectivity index (χ4v) is 3.28. The Morgan fingerprint density at radius 2 is 0.893 bits per heavy atom. The molecule has 1 aromatic carbocycles. The first-order chi connectivity index (χ1) is 13.6. The van der Waals surface area contributed by atoms with Gasteiger partial charge in [-0.1, -0.05) is 132 Å². The molecule has 0 aliphatic heterocycles. The van der Waals surface area contributed by atoms with Crippen LogP contribution in [-0.2, 0) is 4.79 Å². The van der Waals surface area contributed by atoms with E-state index in [9.17, 15) is 4.79 Å². The van der Waals surface area contributed by atoms with Crippen LogP contribution in [0.3, 0.4) is 0 Å². The Labute approximate surface area is 175 Å². The maximum atomic E-state index is 10.3. The predicted molar refractivity (Wildman–Crippen MR) is 123 cm³/mol. The summed E-state index contributed by atoms with van der Waals surface area (Å²) in [6.45, 7) is 6.46. The van der Waals surface area contributed by atoms with Crippen LogP contribution in [0.2, 0.25) is 0 Å². The quantitative estimate of drug-likeness (QED) is 0.287. The summed E-state index contributed by atoms with van der Waals surface area (Å²) < 4.78 is 0. The molecule has 0 unspecified atom stereocenters. The lowest BCUT2D eigenvalue weighted by molar-refractivity contribution is -0.137. The van der Waals surface area contributed by atoms with E-state index in [0.717, 1.165) is 12.8 Å². The molecule has 1 aromatic rings. The van der Waals surface area contributed by atoms with Gasteiger partial charge in [0.1, 0.15) is 0 Å². The third-order valence-corrected chi connectivity index (χ3v) is 5.21. The summed E-state index contributed by atoms with van der Waals surface area (Å²) in [5.74, 6) is -0.653. The molecule has 162 valence electrons. The average molecular weight is 391 g/mol. The molecule has 0 aliphatic rings. The number of carboxylic acid groups (broad SMARTS) is 1. The number of aryl methyl sites for hydroxylation is 2. The zero-order chi connectivity index (χ0) is 20.9. The van der Waals surface area contributed by atoms with Crippen molar-refractivity contribution in [3.63, 3.8) is 0 Å². The van der Waals surface area contributed by atoms with Crippen molar-refractivity contribution in [1.82, 2.24) is 0 Å². The number of benzene rings is 1. The third kappa shape index (κ3) is 21.0. The second kappa shape index (κ2) is 20.4. The van der Waals surface area contributed by atoms with Crippen molar-refractivity contribution < 1.29 is 9.90 Å². The molecule has 2 heteroatoms. The van der Waals surface area contributed by atoms with Crippen molar-refractivity contribution in [2.75, 3.05) is 0 Å². The maximum absolute atomic E-state index is 10.3. The van der Waals surface area contributed by atoms with Gasteiger partial charge in [-0.25, -0.2) is 0 Å². The summed E-state index contributed by atoms with van der Waals surface area (Å²) in [5, 5.41) is 8.52. The van der Waals surface area contributed by atoms with Gasteiger partial charge in [-0.05, 0) is 20.3 Å². The van der Waals surface area contributed by atoms with Crippen LogP contribution in [0.1, 0.15) is 121 Å². The van der Waals surface area contributed by atoms with Crippen LogP contribution >= 0.6 is 0 Å². The van der Waals surface area contributed by atoms with Gasteiger partial charge in [-0.3, -0.25) is 4.79 Å². The number of rotatable bonds is 16. The molecule has 0 heterocycles. The molecule has 28 heavy (non-hydrogen) atoms. The van der Waals surface area contributed by atoms with E-state index in [1.165, 1.54) is 94.6 Å². The molecule has 0 radical (unpaired) electrons. The fourth-order valence-electron chi connectivity index (χ4n) is 3.28. The highest BCUT2D eigenvalue weighted by Gasteiger charge is 1.97. The number of hydrogen-bond acceptors (Lipinski definition) is 1. The molecule has 0 saturated carbocycles. The van der Waals surface area contributed by atoms with E-state index < -0.39 is 5.97 Å². The normalized spacial score (nSPS) is 10.4. The molecule has 0 aliphatic carbocycles. The van der Waals surface area contributed by atoms with Crippen molar-refractivity contribution in [2.45, 2.75) is 124 Å². The molecule has 0 spiro atoms. The van der Waals surface area contributed by atoms with Crippen LogP contribution < -0.4 is 0 Å². The topological polar surface area (TPSA) is 37.3 Å². The molecule has 0 aromatic heterocycles. The van der Waals surface area contributed by atoms with Crippen molar-refractivity contribution in [2.24, 2.45) is 0 Å². The highest BCUT2D eigenvalue weighted by atomic mass is 16.4. The van der Waals surface area contributed by atoms with Gasteiger partial charge in [-0.2, -0.15) is 0 Å². The van der Waals surface area contributed by atoms with E-state index >= 15 is 0 Å². The second-order valence-corrected chi connectivity index (χ2v) is 8.25. The van der Waals surface area contributed by atoms with Gasteiger partial charge < -0.3 is 5.11 Å². The molecule has 1 rings (SSSR count). The van der Waals surface area contributed by atoms with Crippen molar-refractivity contribution in [1.29, 1.82) is 0 Å². The molecule has 2 nitrogen and oxygen atoms in total. The SMILES string of the molecule is CCCCCCCCCCCCCCCCCC(=O)O.Cc1ccc(C)cc1. The predicted octanol–water partition coefficient (Wildman–Crippen LogP) is 8.64. The van der Waals surface area contributed by atoms with Crippen molar-refractivity contribution >= 4 is 5.97 Å². The smallest absolute Gasteiger partial charge is 0.303 e. The van der Waals surface area contributed by atoms with Crippen molar-refractivity contribution in [3.05, 3.63) is 35.4 Å². The highest BCUT2D eigenvalue weighted by Crippen LogP contribution is 2.13. The van der Waals surface area contributed by atoms with Crippen LogP contribution in [0.5, 0.6) is 0 Å². The summed E-state index contributed by atoms with van der Waals surface area (Å²) >= 11 is 0. The molecule has 0 amide bonds. The van der Waals surface area contributed by atoms with E-state index in [1.807, 2.05) is 0 Å². The Hall–Kier alpha value is -1.31. The molecule has 0 saturated heterocycles. The van der Waals surface area contributed by atoms with Crippen LogP contribution in [0.25, 0.3) is 0 Å². The monoisotopic (exact) mass is 390 g/mol. The average Bonchev–Trinajstić information content (AvgIpc) is 2.67. The molecule has 1 N–H and O–H groups in total. The van der Waals surface area contributed by atoms with Gasteiger partial charge in [0.25, 0.3) is 0 Å². The Morgan fingerprint density at radius 1 is 0.607 bits per heavy atom. The van der Waals surface area contributed by atoms with E-state index in [-0.39, 0.29) is 0 Å². The fraction of sp³-hybridized carbons (Fsp3) is 0.731. The zero-order valence-corrected chi connectivity index (χ0v) is 19.0.